The second-order valence-corrected chi connectivity index (χ2v) is 4.67. The largest absolute Gasteiger partial charge is 0.573 e. The van der Waals surface area contributed by atoms with Gasteiger partial charge in [-0.05, 0) is 41.0 Å². The Kier molecular flexibility index (Phi) is 4.78. The number of hydrogen-bond donors (Lipinski definition) is 1. The second-order valence-electron chi connectivity index (χ2n) is 4.67. The van der Waals surface area contributed by atoms with Crippen molar-refractivity contribution >= 4 is 5.97 Å². The molecule has 122 valence electrons. The number of carboxylic acid groups (broad SMARTS) is 1. The first kappa shape index (κ1) is 16.7. The number of ether oxygens (including phenoxy) is 2. The highest BCUT2D eigenvalue weighted by Gasteiger charge is 2.31. The fourth-order valence-electron chi connectivity index (χ4n) is 2.12. The molecule has 0 aliphatic carbocycles. The average molecular weight is 326 g/mol. The molecule has 2 rings (SSSR count). The Bertz CT molecular complexity index is 693. The zero-order chi connectivity index (χ0) is 17.0. The number of methoxy groups -OCH3 is 1. The van der Waals surface area contributed by atoms with Gasteiger partial charge in [-0.2, -0.15) is 0 Å². The molecule has 0 bridgehead atoms. The summed E-state index contributed by atoms with van der Waals surface area (Å²) in [5.74, 6) is -0.854. The normalized spacial score (nSPS) is 11.1. The molecule has 0 saturated heterocycles. The third-order valence-corrected chi connectivity index (χ3v) is 3.05. The summed E-state index contributed by atoms with van der Waals surface area (Å²) in [6.45, 7) is 0. The predicted octanol–water partition coefficient (Wildman–Crippen LogP) is 3.89. The number of alkyl halides is 3. The Morgan fingerprint density at radius 3 is 2.22 bits per heavy atom. The van der Waals surface area contributed by atoms with E-state index in [1.807, 2.05) is 0 Å². The van der Waals surface area contributed by atoms with Gasteiger partial charge < -0.3 is 14.6 Å². The molecular formula is C16H13F3O4. The molecule has 0 saturated carbocycles. The van der Waals surface area contributed by atoms with Gasteiger partial charge in [-0.25, -0.2) is 0 Å². The van der Waals surface area contributed by atoms with Gasteiger partial charge in [-0.3, -0.25) is 4.79 Å². The highest BCUT2D eigenvalue weighted by molar-refractivity contribution is 5.77. The summed E-state index contributed by atoms with van der Waals surface area (Å²) in [5.41, 5.74) is 1.69. The van der Waals surface area contributed by atoms with E-state index in [-0.39, 0.29) is 12.2 Å². The molecule has 0 unspecified atom stereocenters. The van der Waals surface area contributed by atoms with Crippen LogP contribution in [0.15, 0.2) is 42.5 Å². The summed E-state index contributed by atoms with van der Waals surface area (Å²) >= 11 is 0. The number of carboxylic acids is 1. The van der Waals surface area contributed by atoms with Crippen LogP contribution in [0.25, 0.3) is 11.1 Å². The van der Waals surface area contributed by atoms with E-state index in [4.69, 9.17) is 9.84 Å². The number of halogens is 3. The van der Waals surface area contributed by atoms with Crippen molar-refractivity contribution < 1.29 is 32.5 Å². The van der Waals surface area contributed by atoms with Gasteiger partial charge in [0.25, 0.3) is 0 Å². The quantitative estimate of drug-likeness (QED) is 0.906. The maximum Gasteiger partial charge on any atom is 0.573 e. The Morgan fingerprint density at radius 2 is 1.70 bits per heavy atom. The van der Waals surface area contributed by atoms with Crippen molar-refractivity contribution in [3.8, 4) is 22.6 Å². The van der Waals surface area contributed by atoms with E-state index in [1.54, 1.807) is 18.2 Å². The number of aliphatic carboxylic acids is 1. The molecule has 0 radical (unpaired) electrons. The Labute approximate surface area is 130 Å². The minimum absolute atomic E-state index is 0.229. The van der Waals surface area contributed by atoms with Gasteiger partial charge in [0.15, 0.2) is 0 Å². The lowest BCUT2D eigenvalue weighted by atomic mass is 9.97. The molecule has 4 nitrogen and oxygen atoms in total. The van der Waals surface area contributed by atoms with Crippen molar-refractivity contribution in [3.05, 3.63) is 48.0 Å². The van der Waals surface area contributed by atoms with Crippen LogP contribution in [0.3, 0.4) is 0 Å². The summed E-state index contributed by atoms with van der Waals surface area (Å²) in [5, 5.41) is 8.99. The Balaban J connectivity index is 2.35. The van der Waals surface area contributed by atoms with Crippen molar-refractivity contribution in [3.63, 3.8) is 0 Å². The molecule has 7 heteroatoms. The molecular weight excluding hydrogens is 313 g/mol. The molecule has 2 aromatic carbocycles. The first-order valence-electron chi connectivity index (χ1n) is 6.53. The topological polar surface area (TPSA) is 55.8 Å². The van der Waals surface area contributed by atoms with Crippen LogP contribution in [0.2, 0.25) is 0 Å². The molecule has 0 amide bonds. The highest BCUT2D eigenvalue weighted by Crippen LogP contribution is 2.30. The lowest BCUT2D eigenvalue weighted by molar-refractivity contribution is -0.274. The summed E-state index contributed by atoms with van der Waals surface area (Å²) in [7, 11) is 1.46. The van der Waals surface area contributed by atoms with Crippen LogP contribution in [-0.2, 0) is 11.2 Å². The standard InChI is InChI=1S/C16H13F3O4/c1-22-13-6-7-14(11(8-13)9-15(20)21)10-2-4-12(5-3-10)23-16(17,18)19/h2-8H,9H2,1H3,(H,20,21). The van der Waals surface area contributed by atoms with Crippen molar-refractivity contribution in [1.82, 2.24) is 0 Å². The highest BCUT2D eigenvalue weighted by atomic mass is 19.4. The maximum atomic E-state index is 12.2. The van der Waals surface area contributed by atoms with Crippen molar-refractivity contribution in [2.75, 3.05) is 7.11 Å². The fraction of sp³-hybridized carbons (Fsp3) is 0.188. The van der Waals surface area contributed by atoms with Gasteiger partial charge >= 0.3 is 12.3 Å². The monoisotopic (exact) mass is 326 g/mol. The lowest BCUT2D eigenvalue weighted by Gasteiger charge is -2.12. The van der Waals surface area contributed by atoms with Crippen LogP contribution in [0.1, 0.15) is 5.56 Å². The average Bonchev–Trinajstić information content (AvgIpc) is 2.46. The third kappa shape index (κ3) is 4.64. The smallest absolute Gasteiger partial charge is 0.497 e. The predicted molar refractivity (Wildman–Crippen MR) is 76.5 cm³/mol. The van der Waals surface area contributed by atoms with Gasteiger partial charge in [0, 0.05) is 0 Å². The van der Waals surface area contributed by atoms with Crippen molar-refractivity contribution in [2.24, 2.45) is 0 Å². The number of benzene rings is 2. The Hall–Kier alpha value is -2.70. The molecule has 0 aliphatic rings. The summed E-state index contributed by atoms with van der Waals surface area (Å²) < 4.78 is 45.3. The van der Waals surface area contributed by atoms with E-state index in [2.05, 4.69) is 4.74 Å². The van der Waals surface area contributed by atoms with Crippen LogP contribution >= 0.6 is 0 Å². The number of carbonyl (C=O) groups is 1. The van der Waals surface area contributed by atoms with E-state index in [9.17, 15) is 18.0 Å². The minimum Gasteiger partial charge on any atom is -0.497 e. The van der Waals surface area contributed by atoms with Gasteiger partial charge in [-0.15, -0.1) is 13.2 Å². The zero-order valence-electron chi connectivity index (χ0n) is 12.1. The van der Waals surface area contributed by atoms with E-state index < -0.39 is 12.3 Å². The second kappa shape index (κ2) is 6.60. The van der Waals surface area contributed by atoms with Crippen LogP contribution in [-0.4, -0.2) is 24.5 Å². The van der Waals surface area contributed by atoms with Gasteiger partial charge in [0.2, 0.25) is 0 Å². The molecule has 0 spiro atoms. The molecule has 0 fully saturated rings. The number of hydrogen-bond acceptors (Lipinski definition) is 3. The summed E-state index contributed by atoms with van der Waals surface area (Å²) in [6.07, 6.45) is -4.98. The van der Waals surface area contributed by atoms with Gasteiger partial charge in [0.05, 0.1) is 13.5 Å². The van der Waals surface area contributed by atoms with Gasteiger partial charge in [-0.1, -0.05) is 18.2 Å². The van der Waals surface area contributed by atoms with E-state index in [0.29, 0.717) is 22.4 Å². The summed E-state index contributed by atoms with van der Waals surface area (Å²) in [6, 6.07) is 10.1. The van der Waals surface area contributed by atoms with Gasteiger partial charge in [0.1, 0.15) is 11.5 Å². The Morgan fingerprint density at radius 1 is 1.09 bits per heavy atom. The molecule has 0 heterocycles. The molecule has 0 atom stereocenters. The van der Waals surface area contributed by atoms with Crippen LogP contribution < -0.4 is 9.47 Å². The molecule has 1 N–H and O–H groups in total. The number of rotatable bonds is 5. The van der Waals surface area contributed by atoms with Crippen molar-refractivity contribution in [1.29, 1.82) is 0 Å². The van der Waals surface area contributed by atoms with Crippen LogP contribution in [0.5, 0.6) is 11.5 Å². The molecule has 2 aromatic rings. The molecule has 0 aliphatic heterocycles. The zero-order valence-corrected chi connectivity index (χ0v) is 12.1. The summed E-state index contributed by atoms with van der Waals surface area (Å²) in [4.78, 5) is 11.0. The lowest BCUT2D eigenvalue weighted by Crippen LogP contribution is -2.16. The van der Waals surface area contributed by atoms with Crippen LogP contribution in [0, 0.1) is 0 Å². The maximum absolute atomic E-state index is 12.2. The SMILES string of the molecule is COc1ccc(-c2ccc(OC(F)(F)F)cc2)c(CC(=O)O)c1. The van der Waals surface area contributed by atoms with E-state index >= 15 is 0 Å². The molecule has 23 heavy (non-hydrogen) atoms. The minimum atomic E-state index is -4.75. The first-order valence-corrected chi connectivity index (χ1v) is 6.53. The first-order chi connectivity index (χ1) is 10.8. The molecule has 0 aromatic heterocycles. The van der Waals surface area contributed by atoms with E-state index in [0.717, 1.165) is 0 Å². The van der Waals surface area contributed by atoms with E-state index in [1.165, 1.54) is 31.4 Å². The third-order valence-electron chi connectivity index (χ3n) is 3.05. The van der Waals surface area contributed by atoms with Crippen LogP contribution in [0.4, 0.5) is 13.2 Å². The fourth-order valence-corrected chi connectivity index (χ4v) is 2.12. The van der Waals surface area contributed by atoms with Crippen molar-refractivity contribution in [2.45, 2.75) is 12.8 Å².